The van der Waals surface area contributed by atoms with E-state index in [1.54, 1.807) is 23.4 Å². The summed E-state index contributed by atoms with van der Waals surface area (Å²) in [7, 11) is 1.27. The van der Waals surface area contributed by atoms with Crippen molar-refractivity contribution in [2.45, 2.75) is 84.0 Å². The molecule has 0 bridgehead atoms. The highest BCUT2D eigenvalue weighted by molar-refractivity contribution is 5.95. The average Bonchev–Trinajstić information content (AvgIpc) is 3.60. The van der Waals surface area contributed by atoms with Gasteiger partial charge < -0.3 is 25.6 Å². The number of anilines is 1. The molecular weight excluding hydrogens is 500 g/mol. The van der Waals surface area contributed by atoms with E-state index in [4.69, 9.17) is 4.74 Å². The van der Waals surface area contributed by atoms with Crippen molar-refractivity contribution in [3.63, 3.8) is 0 Å². The van der Waals surface area contributed by atoms with Crippen molar-refractivity contribution in [3.05, 3.63) is 18.5 Å². The zero-order chi connectivity index (χ0) is 28.3. The van der Waals surface area contributed by atoms with Crippen LogP contribution in [0.25, 0.3) is 0 Å². The summed E-state index contributed by atoms with van der Waals surface area (Å²) in [5, 5.41) is 9.10. The summed E-state index contributed by atoms with van der Waals surface area (Å²) in [6.07, 6.45) is 5.92. The van der Waals surface area contributed by atoms with Gasteiger partial charge in [0.15, 0.2) is 0 Å². The first-order valence-corrected chi connectivity index (χ1v) is 13.8. The Kier molecular flexibility index (Phi) is 6.62. The summed E-state index contributed by atoms with van der Waals surface area (Å²) >= 11 is 0. The maximum Gasteiger partial charge on any atom is 0.328 e. The molecule has 3 N–H and O–H groups in total. The fourth-order valence-corrected chi connectivity index (χ4v) is 6.68. The molecule has 6 atom stereocenters. The number of carbonyl (C=O) groups excluding carboxylic acids is 4. The number of fused-ring (bicyclic) bond motifs is 1. The number of nitrogens with zero attached hydrogens (tertiary/aromatic N) is 3. The molecule has 2 saturated heterocycles. The van der Waals surface area contributed by atoms with Gasteiger partial charge in [0, 0.05) is 30.4 Å². The molecule has 39 heavy (non-hydrogen) atoms. The molecule has 2 aliphatic carbocycles. The topological polar surface area (TPSA) is 143 Å². The first-order valence-electron chi connectivity index (χ1n) is 13.8. The summed E-state index contributed by atoms with van der Waals surface area (Å²) in [6.45, 7) is 10.5. The van der Waals surface area contributed by atoms with E-state index in [1.165, 1.54) is 7.11 Å². The SMILES string of the molecule is COC(=O)[C@H](C[C@@H]1CC2(CC2)NC1=O)NC(=O)[C@@H]1[C@@H]2[C@H](CN1C(=O)[C@@H](Nc1ncccn1)C(C)(C)C)C2(C)C. The van der Waals surface area contributed by atoms with Gasteiger partial charge in [0.1, 0.15) is 18.1 Å². The highest BCUT2D eigenvalue weighted by Crippen LogP contribution is 2.65. The number of methoxy groups -OCH3 is 1. The number of hydrogen-bond acceptors (Lipinski definition) is 8. The molecule has 2 saturated carbocycles. The number of esters is 1. The van der Waals surface area contributed by atoms with Gasteiger partial charge in [-0.2, -0.15) is 0 Å². The quantitative estimate of drug-likeness (QED) is 0.421. The largest absolute Gasteiger partial charge is 0.467 e. The minimum atomic E-state index is -0.973. The van der Waals surface area contributed by atoms with Gasteiger partial charge in [-0.05, 0) is 54.4 Å². The Morgan fingerprint density at radius 3 is 2.44 bits per heavy atom. The Balaban J connectivity index is 1.36. The molecule has 11 heteroatoms. The van der Waals surface area contributed by atoms with Gasteiger partial charge in [-0.15, -0.1) is 0 Å². The first-order chi connectivity index (χ1) is 18.3. The summed E-state index contributed by atoms with van der Waals surface area (Å²) in [6, 6.07) is -0.684. The van der Waals surface area contributed by atoms with E-state index in [1.807, 2.05) is 20.8 Å². The third-order valence-corrected chi connectivity index (χ3v) is 9.28. The fourth-order valence-electron chi connectivity index (χ4n) is 6.68. The number of amides is 3. The van der Waals surface area contributed by atoms with Crippen LogP contribution < -0.4 is 16.0 Å². The smallest absolute Gasteiger partial charge is 0.328 e. The van der Waals surface area contributed by atoms with Gasteiger partial charge in [0.2, 0.25) is 23.7 Å². The van der Waals surface area contributed by atoms with E-state index in [-0.39, 0.29) is 52.8 Å². The predicted molar refractivity (Wildman–Crippen MR) is 142 cm³/mol. The molecule has 3 amide bonds. The molecule has 212 valence electrons. The van der Waals surface area contributed by atoms with Crippen LogP contribution in [-0.2, 0) is 23.9 Å². The third-order valence-electron chi connectivity index (χ3n) is 9.28. The highest BCUT2D eigenvalue weighted by Gasteiger charge is 2.70. The van der Waals surface area contributed by atoms with Gasteiger partial charge in [0.05, 0.1) is 7.11 Å². The number of likely N-dealkylation sites (tertiary alicyclic amines) is 1. The minimum absolute atomic E-state index is 0.0298. The summed E-state index contributed by atoms with van der Waals surface area (Å²) in [5.74, 6) is -1.16. The van der Waals surface area contributed by atoms with E-state index in [0.29, 0.717) is 18.9 Å². The first kappa shape index (κ1) is 27.3. The fraction of sp³-hybridized carbons (Fsp3) is 0.714. The molecule has 4 aliphatic rings. The van der Waals surface area contributed by atoms with Gasteiger partial charge in [0.25, 0.3) is 0 Å². The van der Waals surface area contributed by atoms with Crippen LogP contribution in [0.2, 0.25) is 0 Å². The molecule has 11 nitrogen and oxygen atoms in total. The van der Waals surface area contributed by atoms with Crippen LogP contribution in [0, 0.1) is 28.6 Å². The van der Waals surface area contributed by atoms with Crippen molar-refractivity contribution >= 4 is 29.6 Å². The second-order valence-corrected chi connectivity index (χ2v) is 13.4. The van der Waals surface area contributed by atoms with Crippen molar-refractivity contribution < 1.29 is 23.9 Å². The Labute approximate surface area is 229 Å². The molecule has 1 aromatic heterocycles. The molecule has 4 fully saturated rings. The zero-order valence-corrected chi connectivity index (χ0v) is 23.6. The van der Waals surface area contributed by atoms with Crippen LogP contribution in [0.5, 0.6) is 0 Å². The molecule has 1 spiro atoms. The normalized spacial score (nSPS) is 29.2. The molecular formula is C28H40N6O5. The van der Waals surface area contributed by atoms with Gasteiger partial charge >= 0.3 is 5.97 Å². The van der Waals surface area contributed by atoms with Crippen molar-refractivity contribution in [2.24, 2.45) is 28.6 Å². The van der Waals surface area contributed by atoms with Crippen molar-refractivity contribution in [2.75, 3.05) is 19.0 Å². The van der Waals surface area contributed by atoms with Crippen molar-refractivity contribution in [1.82, 2.24) is 25.5 Å². The van der Waals surface area contributed by atoms with Gasteiger partial charge in [-0.25, -0.2) is 14.8 Å². The van der Waals surface area contributed by atoms with Crippen LogP contribution in [0.3, 0.4) is 0 Å². The lowest BCUT2D eigenvalue weighted by Crippen LogP contribution is -2.58. The van der Waals surface area contributed by atoms with E-state index in [9.17, 15) is 19.2 Å². The lowest BCUT2D eigenvalue weighted by molar-refractivity contribution is -0.148. The van der Waals surface area contributed by atoms with Gasteiger partial charge in [-0.1, -0.05) is 34.6 Å². The second kappa shape index (κ2) is 9.45. The maximum absolute atomic E-state index is 14.0. The van der Waals surface area contributed by atoms with Crippen molar-refractivity contribution in [3.8, 4) is 0 Å². The third kappa shape index (κ3) is 5.07. The van der Waals surface area contributed by atoms with Crippen LogP contribution in [0.1, 0.15) is 60.3 Å². The molecule has 1 aromatic rings. The Morgan fingerprint density at radius 2 is 1.87 bits per heavy atom. The number of hydrogen-bond donors (Lipinski definition) is 3. The number of ether oxygens (including phenoxy) is 1. The summed E-state index contributed by atoms with van der Waals surface area (Å²) < 4.78 is 5.00. The van der Waals surface area contributed by atoms with Crippen LogP contribution in [-0.4, -0.2) is 75.9 Å². The van der Waals surface area contributed by atoms with E-state index < -0.39 is 29.5 Å². The number of carbonyl (C=O) groups is 4. The molecule has 0 aromatic carbocycles. The van der Waals surface area contributed by atoms with Crippen molar-refractivity contribution in [1.29, 1.82) is 0 Å². The molecule has 5 rings (SSSR count). The average molecular weight is 541 g/mol. The number of nitrogens with one attached hydrogen (secondary N) is 3. The highest BCUT2D eigenvalue weighted by atomic mass is 16.5. The molecule has 0 unspecified atom stereocenters. The maximum atomic E-state index is 14.0. The zero-order valence-electron chi connectivity index (χ0n) is 23.6. The Hall–Kier alpha value is -3.24. The summed E-state index contributed by atoms with van der Waals surface area (Å²) in [5.41, 5.74) is -0.733. The van der Waals surface area contributed by atoms with E-state index in [2.05, 4.69) is 39.8 Å². The Morgan fingerprint density at radius 1 is 1.21 bits per heavy atom. The van der Waals surface area contributed by atoms with E-state index in [0.717, 1.165) is 12.8 Å². The predicted octanol–water partition coefficient (Wildman–Crippen LogP) is 1.50. The second-order valence-electron chi connectivity index (χ2n) is 13.4. The monoisotopic (exact) mass is 540 g/mol. The lowest BCUT2D eigenvalue weighted by Gasteiger charge is -2.38. The molecule has 2 aliphatic heterocycles. The lowest BCUT2D eigenvalue weighted by atomic mass is 9.85. The Bertz CT molecular complexity index is 1160. The van der Waals surface area contributed by atoms with Crippen LogP contribution >= 0.6 is 0 Å². The number of piperidine rings is 1. The minimum Gasteiger partial charge on any atom is -0.467 e. The van der Waals surface area contributed by atoms with Gasteiger partial charge in [-0.3, -0.25) is 14.4 Å². The molecule has 3 heterocycles. The van der Waals surface area contributed by atoms with Crippen LogP contribution in [0.15, 0.2) is 18.5 Å². The van der Waals surface area contributed by atoms with E-state index >= 15 is 0 Å². The number of aromatic nitrogens is 2. The molecule has 0 radical (unpaired) electrons. The standard InChI is InChI=1S/C28H40N6O5/c1-26(2,3)20(32-25-29-10-7-11-30-25)23(37)34-14-16-18(27(16,4)5)19(34)22(36)31-17(24(38)39-6)12-15-13-28(8-9-28)33-21(15)35/h7,10-11,15-20H,8-9,12-14H2,1-6H3,(H,31,36)(H,33,35)(H,29,30,32)/t15-,16+,17+,18+,19+,20-/m1/s1. The van der Waals surface area contributed by atoms with Crippen LogP contribution in [0.4, 0.5) is 5.95 Å². The number of rotatable bonds is 8. The summed E-state index contributed by atoms with van der Waals surface area (Å²) in [4.78, 5) is 63.3.